The zero-order chi connectivity index (χ0) is 8.70. The predicted molar refractivity (Wildman–Crippen MR) is 41.0 cm³/mol. The lowest BCUT2D eigenvalue weighted by molar-refractivity contribution is -0.142. The molecule has 64 valence electrons. The highest BCUT2D eigenvalue weighted by molar-refractivity contribution is 7.93. The van der Waals surface area contributed by atoms with Gasteiger partial charge in [0.2, 0.25) is 0 Å². The first-order valence-corrected chi connectivity index (χ1v) is 5.33. The first-order chi connectivity index (χ1) is 4.90. The molecule has 0 aromatic carbocycles. The van der Waals surface area contributed by atoms with Gasteiger partial charge >= 0.3 is 5.97 Å². The molecule has 1 aliphatic carbocycles. The minimum absolute atomic E-state index is 0.390. The standard InChI is InChI=1S/C6H11NO3S/c1-11(7,10)6(5(8)9)3-2-4-6/h7H,2-4H2,1H3,(H,8,9). The Kier molecular flexibility index (Phi) is 1.70. The van der Waals surface area contributed by atoms with Crippen LogP contribution in [-0.4, -0.2) is 26.3 Å². The third kappa shape index (κ3) is 1.03. The average Bonchev–Trinajstić information content (AvgIpc) is 1.52. The fraction of sp³-hybridized carbons (Fsp3) is 0.833. The highest BCUT2D eigenvalue weighted by Crippen LogP contribution is 2.39. The lowest BCUT2D eigenvalue weighted by Crippen LogP contribution is -2.50. The Balaban J connectivity index is 3.04. The molecule has 0 aromatic rings. The fourth-order valence-corrected chi connectivity index (χ4v) is 2.67. The molecule has 2 N–H and O–H groups in total. The molecular formula is C6H11NO3S. The second-order valence-corrected chi connectivity index (χ2v) is 5.47. The van der Waals surface area contributed by atoms with E-state index in [2.05, 4.69) is 0 Å². The Morgan fingerprint density at radius 2 is 2.09 bits per heavy atom. The number of rotatable bonds is 2. The molecule has 1 unspecified atom stereocenters. The second kappa shape index (κ2) is 2.20. The summed E-state index contributed by atoms with van der Waals surface area (Å²) in [5, 5.41) is 8.72. The van der Waals surface area contributed by atoms with Gasteiger partial charge in [-0.3, -0.25) is 9.57 Å². The largest absolute Gasteiger partial charge is 0.480 e. The van der Waals surface area contributed by atoms with E-state index in [1.807, 2.05) is 0 Å². The molecule has 0 aliphatic heterocycles. The predicted octanol–water partition coefficient (Wildman–Crippen LogP) is 0.670. The van der Waals surface area contributed by atoms with Crippen molar-refractivity contribution in [3.05, 3.63) is 0 Å². The summed E-state index contributed by atoms with van der Waals surface area (Å²) in [6, 6.07) is 0. The van der Waals surface area contributed by atoms with Crippen LogP contribution in [0.25, 0.3) is 0 Å². The zero-order valence-electron chi connectivity index (χ0n) is 6.29. The normalized spacial score (nSPS) is 26.6. The molecule has 0 spiro atoms. The molecule has 11 heavy (non-hydrogen) atoms. The Bertz CT molecular complexity index is 276. The first-order valence-electron chi connectivity index (χ1n) is 3.37. The number of hydrogen-bond acceptors (Lipinski definition) is 3. The van der Waals surface area contributed by atoms with Crippen LogP contribution in [0.4, 0.5) is 0 Å². The van der Waals surface area contributed by atoms with Crippen molar-refractivity contribution in [1.29, 1.82) is 4.78 Å². The number of carbonyl (C=O) groups is 1. The van der Waals surface area contributed by atoms with E-state index in [4.69, 9.17) is 9.89 Å². The van der Waals surface area contributed by atoms with Gasteiger partial charge in [0.15, 0.2) is 4.75 Å². The van der Waals surface area contributed by atoms with Crippen molar-refractivity contribution < 1.29 is 14.1 Å². The van der Waals surface area contributed by atoms with Crippen LogP contribution in [0.2, 0.25) is 0 Å². The molecule has 1 rings (SSSR count). The van der Waals surface area contributed by atoms with E-state index in [1.165, 1.54) is 6.26 Å². The summed E-state index contributed by atoms with van der Waals surface area (Å²) in [6.45, 7) is 0. The van der Waals surface area contributed by atoms with Crippen LogP contribution in [0.3, 0.4) is 0 Å². The monoisotopic (exact) mass is 177 g/mol. The number of nitrogens with one attached hydrogen (secondary N) is 1. The van der Waals surface area contributed by atoms with Crippen molar-refractivity contribution >= 4 is 15.7 Å². The van der Waals surface area contributed by atoms with Crippen LogP contribution in [0.5, 0.6) is 0 Å². The molecule has 0 saturated heterocycles. The van der Waals surface area contributed by atoms with Crippen LogP contribution in [0.1, 0.15) is 19.3 Å². The third-order valence-electron chi connectivity index (χ3n) is 2.30. The Hall–Kier alpha value is -0.580. The average molecular weight is 177 g/mol. The minimum atomic E-state index is -2.93. The van der Waals surface area contributed by atoms with Gasteiger partial charge in [-0.1, -0.05) is 0 Å². The minimum Gasteiger partial charge on any atom is -0.480 e. The van der Waals surface area contributed by atoms with Crippen molar-refractivity contribution in [3.8, 4) is 0 Å². The van der Waals surface area contributed by atoms with Gasteiger partial charge in [0, 0.05) is 6.26 Å². The van der Waals surface area contributed by atoms with Crippen LogP contribution in [0, 0.1) is 4.78 Å². The summed E-state index contributed by atoms with van der Waals surface area (Å²) in [7, 11) is -2.93. The van der Waals surface area contributed by atoms with Gasteiger partial charge in [0.25, 0.3) is 0 Å². The zero-order valence-corrected chi connectivity index (χ0v) is 7.11. The Morgan fingerprint density at radius 1 is 1.64 bits per heavy atom. The molecule has 0 radical (unpaired) electrons. The van der Waals surface area contributed by atoms with E-state index >= 15 is 0 Å². The van der Waals surface area contributed by atoms with E-state index in [-0.39, 0.29) is 0 Å². The summed E-state index contributed by atoms with van der Waals surface area (Å²) in [6.07, 6.45) is 2.76. The molecule has 1 saturated carbocycles. The maximum absolute atomic E-state index is 11.2. The quantitative estimate of drug-likeness (QED) is 0.650. The molecule has 0 heterocycles. The number of carboxylic acids is 1. The second-order valence-electron chi connectivity index (χ2n) is 3.00. The summed E-state index contributed by atoms with van der Waals surface area (Å²) >= 11 is 0. The van der Waals surface area contributed by atoms with Crippen LogP contribution in [0.15, 0.2) is 0 Å². The van der Waals surface area contributed by atoms with E-state index in [1.54, 1.807) is 0 Å². The number of aliphatic carboxylic acids is 1. The third-order valence-corrected chi connectivity index (χ3v) is 4.37. The number of hydrogen-bond donors (Lipinski definition) is 2. The SMILES string of the molecule is CS(=N)(=O)C1(C(=O)O)CCC1. The summed E-state index contributed by atoms with van der Waals surface area (Å²) < 4.78 is 17.2. The van der Waals surface area contributed by atoms with E-state index in [0.717, 1.165) is 6.42 Å². The topological polar surface area (TPSA) is 78.2 Å². The van der Waals surface area contributed by atoms with Crippen molar-refractivity contribution in [2.45, 2.75) is 24.0 Å². The van der Waals surface area contributed by atoms with Crippen LogP contribution >= 0.6 is 0 Å². The summed E-state index contributed by atoms with van der Waals surface area (Å²) in [5.74, 6) is -1.08. The smallest absolute Gasteiger partial charge is 0.323 e. The highest BCUT2D eigenvalue weighted by atomic mass is 32.2. The molecule has 0 amide bonds. The van der Waals surface area contributed by atoms with Crippen molar-refractivity contribution in [3.63, 3.8) is 0 Å². The molecule has 1 fully saturated rings. The van der Waals surface area contributed by atoms with Crippen LogP contribution in [-0.2, 0) is 14.5 Å². The van der Waals surface area contributed by atoms with Gasteiger partial charge in [-0.25, -0.2) is 4.21 Å². The van der Waals surface area contributed by atoms with Crippen molar-refractivity contribution in [2.75, 3.05) is 6.26 Å². The van der Waals surface area contributed by atoms with E-state index in [0.29, 0.717) is 12.8 Å². The summed E-state index contributed by atoms with van der Waals surface area (Å²) in [4.78, 5) is 10.7. The van der Waals surface area contributed by atoms with Gasteiger partial charge < -0.3 is 5.11 Å². The van der Waals surface area contributed by atoms with Crippen molar-refractivity contribution in [1.82, 2.24) is 0 Å². The number of carboxylic acid groups (broad SMARTS) is 1. The summed E-state index contributed by atoms with van der Waals surface area (Å²) in [5.41, 5.74) is 0. The van der Waals surface area contributed by atoms with Gasteiger partial charge in [0.05, 0.1) is 9.73 Å². The molecule has 0 aromatic heterocycles. The molecule has 5 heteroatoms. The Labute approximate surface area is 65.6 Å². The lowest BCUT2D eigenvalue weighted by atomic mass is 9.84. The van der Waals surface area contributed by atoms with Crippen LogP contribution < -0.4 is 0 Å². The highest BCUT2D eigenvalue weighted by Gasteiger charge is 2.50. The molecule has 0 bridgehead atoms. The molecule has 1 atom stereocenters. The maximum Gasteiger partial charge on any atom is 0.323 e. The van der Waals surface area contributed by atoms with Gasteiger partial charge in [0.1, 0.15) is 0 Å². The van der Waals surface area contributed by atoms with Gasteiger partial charge in [-0.05, 0) is 19.3 Å². The fourth-order valence-electron chi connectivity index (χ4n) is 1.27. The molecule has 4 nitrogen and oxygen atoms in total. The Morgan fingerprint density at radius 3 is 2.09 bits per heavy atom. The van der Waals surface area contributed by atoms with E-state index in [9.17, 15) is 9.00 Å². The van der Waals surface area contributed by atoms with E-state index < -0.39 is 20.4 Å². The molecule has 1 aliphatic rings. The lowest BCUT2D eigenvalue weighted by Gasteiger charge is -2.37. The van der Waals surface area contributed by atoms with Gasteiger partial charge in [-0.15, -0.1) is 0 Å². The van der Waals surface area contributed by atoms with Crippen molar-refractivity contribution in [2.24, 2.45) is 0 Å². The maximum atomic E-state index is 11.2. The van der Waals surface area contributed by atoms with Gasteiger partial charge in [-0.2, -0.15) is 0 Å². The molecular weight excluding hydrogens is 166 g/mol. The first kappa shape index (κ1) is 8.52.